The molecule has 8 heteroatoms. The second-order valence-corrected chi connectivity index (χ2v) is 8.85. The van der Waals surface area contributed by atoms with Gasteiger partial charge in [-0.1, -0.05) is 30.3 Å². The average Bonchev–Trinajstić information content (AvgIpc) is 3.31. The number of nitrogens with zero attached hydrogens (tertiary/aromatic N) is 3. The maximum Gasteiger partial charge on any atom is 0.407 e. The fourth-order valence-electron chi connectivity index (χ4n) is 3.15. The highest BCUT2D eigenvalue weighted by Crippen LogP contribution is 2.23. The van der Waals surface area contributed by atoms with Crippen LogP contribution in [-0.4, -0.2) is 53.7 Å². The molecule has 156 valence electrons. The molecule has 1 amide bonds. The third kappa shape index (κ3) is 6.19. The summed E-state index contributed by atoms with van der Waals surface area (Å²) in [6.07, 6.45) is 0.484. The number of aliphatic imine (C=N–C) groups is 1. The van der Waals surface area contributed by atoms with E-state index in [1.165, 1.54) is 0 Å². The van der Waals surface area contributed by atoms with E-state index in [1.54, 1.807) is 18.4 Å². The van der Waals surface area contributed by atoms with Crippen LogP contribution in [0.1, 0.15) is 32.9 Å². The monoisotopic (exact) mass is 415 g/mol. The second-order valence-electron chi connectivity index (χ2n) is 7.99. The van der Waals surface area contributed by atoms with E-state index in [4.69, 9.17) is 9.72 Å². The molecular formula is C21H29N5O2S. The van der Waals surface area contributed by atoms with Crippen molar-refractivity contribution in [3.8, 4) is 10.6 Å². The van der Waals surface area contributed by atoms with Crippen molar-refractivity contribution in [3.63, 3.8) is 0 Å². The summed E-state index contributed by atoms with van der Waals surface area (Å²) in [5, 5.41) is 9.41. The van der Waals surface area contributed by atoms with Crippen LogP contribution < -0.4 is 10.6 Å². The predicted octanol–water partition coefficient (Wildman–Crippen LogP) is 3.48. The molecule has 29 heavy (non-hydrogen) atoms. The molecule has 1 aromatic heterocycles. The molecule has 0 aliphatic carbocycles. The molecule has 2 N–H and O–H groups in total. The Morgan fingerprint density at radius 1 is 1.34 bits per heavy atom. The molecule has 3 rings (SSSR count). The molecule has 1 saturated heterocycles. The van der Waals surface area contributed by atoms with Crippen LogP contribution in [0.3, 0.4) is 0 Å². The molecular weight excluding hydrogens is 386 g/mol. The number of alkyl carbamates (subject to hydrolysis) is 1. The third-order valence-corrected chi connectivity index (χ3v) is 5.36. The van der Waals surface area contributed by atoms with E-state index in [0.717, 1.165) is 35.2 Å². The molecule has 0 saturated carbocycles. The molecule has 1 unspecified atom stereocenters. The van der Waals surface area contributed by atoms with E-state index in [-0.39, 0.29) is 12.1 Å². The Bertz CT molecular complexity index is 844. The van der Waals surface area contributed by atoms with Crippen LogP contribution in [0.25, 0.3) is 10.6 Å². The van der Waals surface area contributed by atoms with Crippen LogP contribution >= 0.6 is 11.3 Å². The fraction of sp³-hybridized carbons (Fsp3) is 0.476. The van der Waals surface area contributed by atoms with Gasteiger partial charge in [0, 0.05) is 31.1 Å². The Balaban J connectivity index is 1.50. The van der Waals surface area contributed by atoms with Gasteiger partial charge in [0.1, 0.15) is 10.6 Å². The number of nitrogens with one attached hydrogen (secondary N) is 2. The molecule has 1 aliphatic rings. The van der Waals surface area contributed by atoms with E-state index in [9.17, 15) is 4.79 Å². The fourth-order valence-corrected chi connectivity index (χ4v) is 3.97. The standard InChI is InChI=1S/C21H29N5O2S/c1-21(2,3)28-20(27)25-16-10-11-26(13-16)19(22-4)23-12-17-14-29-18(24-17)15-8-6-5-7-9-15/h5-9,14,16H,10-13H2,1-4H3,(H,22,23)(H,25,27). The number of carbonyl (C=O) groups is 1. The number of hydrogen-bond acceptors (Lipinski definition) is 5. The highest BCUT2D eigenvalue weighted by Gasteiger charge is 2.27. The van der Waals surface area contributed by atoms with E-state index < -0.39 is 5.60 Å². The largest absolute Gasteiger partial charge is 0.444 e. The van der Waals surface area contributed by atoms with Gasteiger partial charge in [0.25, 0.3) is 0 Å². The normalized spacial score (nSPS) is 17.3. The Labute approximate surface area is 176 Å². The molecule has 1 aromatic carbocycles. The van der Waals surface area contributed by atoms with Gasteiger partial charge < -0.3 is 20.3 Å². The van der Waals surface area contributed by atoms with Gasteiger partial charge in [-0.2, -0.15) is 0 Å². The number of carbonyl (C=O) groups excluding carboxylic acids is 1. The van der Waals surface area contributed by atoms with Crippen molar-refractivity contribution >= 4 is 23.4 Å². The van der Waals surface area contributed by atoms with Crippen LogP contribution in [0, 0.1) is 0 Å². The maximum absolute atomic E-state index is 12.0. The molecule has 1 aliphatic heterocycles. The molecule has 1 fully saturated rings. The van der Waals surface area contributed by atoms with E-state index in [0.29, 0.717) is 13.1 Å². The summed E-state index contributed by atoms with van der Waals surface area (Å²) in [6.45, 7) is 7.72. The van der Waals surface area contributed by atoms with Crippen molar-refractivity contribution in [2.45, 2.75) is 45.4 Å². The van der Waals surface area contributed by atoms with Crippen molar-refractivity contribution in [2.24, 2.45) is 4.99 Å². The highest BCUT2D eigenvalue weighted by molar-refractivity contribution is 7.13. The van der Waals surface area contributed by atoms with Gasteiger partial charge in [0.05, 0.1) is 18.3 Å². The van der Waals surface area contributed by atoms with Crippen molar-refractivity contribution < 1.29 is 9.53 Å². The number of likely N-dealkylation sites (tertiary alicyclic amines) is 1. The number of rotatable bonds is 4. The number of aromatic nitrogens is 1. The predicted molar refractivity (Wildman–Crippen MR) is 117 cm³/mol. The van der Waals surface area contributed by atoms with Crippen LogP contribution in [0.5, 0.6) is 0 Å². The zero-order valence-corrected chi connectivity index (χ0v) is 18.3. The van der Waals surface area contributed by atoms with Gasteiger partial charge in [-0.15, -0.1) is 11.3 Å². The second kappa shape index (κ2) is 9.26. The Morgan fingerprint density at radius 3 is 2.79 bits per heavy atom. The lowest BCUT2D eigenvalue weighted by Gasteiger charge is -2.23. The van der Waals surface area contributed by atoms with Crippen LogP contribution in [0.15, 0.2) is 40.7 Å². The van der Waals surface area contributed by atoms with Crippen LogP contribution in [-0.2, 0) is 11.3 Å². The maximum atomic E-state index is 12.0. The summed E-state index contributed by atoms with van der Waals surface area (Å²) in [4.78, 5) is 23.2. The minimum Gasteiger partial charge on any atom is -0.444 e. The zero-order valence-electron chi connectivity index (χ0n) is 17.4. The Kier molecular flexibility index (Phi) is 6.74. The lowest BCUT2D eigenvalue weighted by Crippen LogP contribution is -2.44. The molecule has 1 atom stereocenters. The minimum atomic E-state index is -0.494. The summed E-state index contributed by atoms with van der Waals surface area (Å²) in [7, 11) is 1.77. The van der Waals surface area contributed by atoms with Crippen LogP contribution in [0.2, 0.25) is 0 Å². The lowest BCUT2D eigenvalue weighted by molar-refractivity contribution is 0.0507. The zero-order chi connectivity index (χ0) is 20.9. The summed E-state index contributed by atoms with van der Waals surface area (Å²) >= 11 is 1.64. The highest BCUT2D eigenvalue weighted by atomic mass is 32.1. The minimum absolute atomic E-state index is 0.0485. The number of amides is 1. The van der Waals surface area contributed by atoms with Gasteiger partial charge in [0.2, 0.25) is 0 Å². The Hall–Kier alpha value is -2.61. The molecule has 2 heterocycles. The molecule has 0 bridgehead atoms. The molecule has 2 aromatic rings. The van der Waals surface area contributed by atoms with Gasteiger partial charge >= 0.3 is 6.09 Å². The number of guanidine groups is 1. The van der Waals surface area contributed by atoms with Crippen molar-refractivity contribution in [1.29, 1.82) is 0 Å². The first-order valence-electron chi connectivity index (χ1n) is 9.79. The molecule has 0 spiro atoms. The van der Waals surface area contributed by atoms with Crippen molar-refractivity contribution in [3.05, 3.63) is 41.4 Å². The van der Waals surface area contributed by atoms with Gasteiger partial charge in [-0.25, -0.2) is 9.78 Å². The van der Waals surface area contributed by atoms with E-state index in [2.05, 4.69) is 38.0 Å². The number of thiazole rings is 1. The SMILES string of the molecule is CN=C(NCc1csc(-c2ccccc2)n1)N1CCC(NC(=O)OC(C)(C)C)C1. The van der Waals surface area contributed by atoms with E-state index in [1.807, 2.05) is 39.0 Å². The van der Waals surface area contributed by atoms with E-state index >= 15 is 0 Å². The summed E-state index contributed by atoms with van der Waals surface area (Å²) in [5.74, 6) is 0.813. The first-order chi connectivity index (χ1) is 13.8. The average molecular weight is 416 g/mol. The number of hydrogen-bond donors (Lipinski definition) is 2. The van der Waals surface area contributed by atoms with Gasteiger partial charge in [0.15, 0.2) is 5.96 Å². The topological polar surface area (TPSA) is 78.9 Å². The molecule has 7 nitrogen and oxygen atoms in total. The first kappa shape index (κ1) is 21.1. The van der Waals surface area contributed by atoms with Crippen molar-refractivity contribution in [1.82, 2.24) is 20.5 Å². The smallest absolute Gasteiger partial charge is 0.407 e. The third-order valence-electron chi connectivity index (χ3n) is 4.42. The lowest BCUT2D eigenvalue weighted by atomic mass is 10.2. The summed E-state index contributed by atoms with van der Waals surface area (Å²) in [6, 6.07) is 10.2. The number of benzene rings is 1. The Morgan fingerprint density at radius 2 is 2.10 bits per heavy atom. The summed E-state index contributed by atoms with van der Waals surface area (Å²) < 4.78 is 5.34. The quantitative estimate of drug-likeness (QED) is 0.590. The van der Waals surface area contributed by atoms with Gasteiger partial charge in [-0.05, 0) is 27.2 Å². The number of ether oxygens (including phenoxy) is 1. The first-order valence-corrected chi connectivity index (χ1v) is 10.7. The van der Waals surface area contributed by atoms with Gasteiger partial charge in [-0.3, -0.25) is 4.99 Å². The van der Waals surface area contributed by atoms with Crippen LogP contribution in [0.4, 0.5) is 4.79 Å². The van der Waals surface area contributed by atoms with Crippen molar-refractivity contribution in [2.75, 3.05) is 20.1 Å². The molecule has 0 radical (unpaired) electrons. The summed E-state index contributed by atoms with van der Waals surface area (Å²) in [5.41, 5.74) is 1.62.